The summed E-state index contributed by atoms with van der Waals surface area (Å²) in [6, 6.07) is 0. The van der Waals surface area contributed by atoms with Gasteiger partial charge in [0.05, 0.1) is 5.57 Å². The molecule has 90 valence electrons. The van der Waals surface area contributed by atoms with Gasteiger partial charge in [0.2, 0.25) is 0 Å². The number of allylic oxidation sites excluding steroid dienone is 5. The highest BCUT2D eigenvalue weighted by Gasteiger charge is 2.23. The molecular weight excluding hydrogens is 230 g/mol. The fraction of sp³-hybridized carbons (Fsp3) is 0.167. The lowest BCUT2D eigenvalue weighted by Crippen LogP contribution is -1.96. The lowest BCUT2D eigenvalue weighted by atomic mass is 10.1. The van der Waals surface area contributed by atoms with E-state index in [2.05, 4.69) is 4.74 Å². The summed E-state index contributed by atoms with van der Waals surface area (Å²) in [4.78, 5) is 18.8. The zero-order chi connectivity index (χ0) is 12.8. The first-order valence-electron chi connectivity index (χ1n) is 4.77. The normalized spacial score (nSPS) is 18.8. The summed E-state index contributed by atoms with van der Waals surface area (Å²) in [5.74, 6) is -1.89. The minimum absolute atomic E-state index is 0.0727. The minimum atomic E-state index is -0.675. The van der Waals surface area contributed by atoms with E-state index in [9.17, 15) is 13.6 Å². The fourth-order valence-corrected chi connectivity index (χ4v) is 1.47. The van der Waals surface area contributed by atoms with Crippen molar-refractivity contribution in [3.63, 3.8) is 0 Å². The standard InChI is InChI=1S/C11H8F2O2.CH2O/c12-8-3-1-2-4-9(13)11(8)7-5-10(14)15-6-7;1-2/h1,3-5H,2,6H2;1H2. The van der Waals surface area contributed by atoms with Gasteiger partial charge >= 0.3 is 5.97 Å². The van der Waals surface area contributed by atoms with Crippen LogP contribution in [0.25, 0.3) is 0 Å². The lowest BCUT2D eigenvalue weighted by molar-refractivity contribution is -0.134. The third-order valence-corrected chi connectivity index (χ3v) is 2.16. The largest absolute Gasteiger partial charge is 0.458 e. The molecule has 0 aromatic carbocycles. The molecule has 0 atom stereocenters. The molecule has 0 N–H and O–H groups in total. The number of esters is 1. The summed E-state index contributed by atoms with van der Waals surface area (Å²) in [5, 5.41) is 0. The zero-order valence-electron chi connectivity index (χ0n) is 8.91. The molecule has 2 aliphatic rings. The van der Waals surface area contributed by atoms with Crippen LogP contribution in [0.15, 0.2) is 47.1 Å². The van der Waals surface area contributed by atoms with Crippen molar-refractivity contribution in [3.05, 3.63) is 47.1 Å². The van der Waals surface area contributed by atoms with Crippen molar-refractivity contribution in [3.8, 4) is 0 Å². The highest BCUT2D eigenvalue weighted by Crippen LogP contribution is 2.30. The van der Waals surface area contributed by atoms with Gasteiger partial charge in [0.25, 0.3) is 0 Å². The second-order valence-electron chi connectivity index (χ2n) is 3.19. The molecule has 5 heteroatoms. The Kier molecular flexibility index (Phi) is 4.51. The van der Waals surface area contributed by atoms with Crippen LogP contribution in [-0.4, -0.2) is 19.4 Å². The number of rotatable bonds is 1. The van der Waals surface area contributed by atoms with Gasteiger partial charge in [-0.15, -0.1) is 0 Å². The van der Waals surface area contributed by atoms with Gasteiger partial charge in [0, 0.05) is 11.6 Å². The molecule has 0 aromatic heterocycles. The third kappa shape index (κ3) is 2.96. The first kappa shape index (κ1) is 13.0. The molecule has 0 radical (unpaired) electrons. The Labute approximate surface area is 96.8 Å². The summed E-state index contributed by atoms with van der Waals surface area (Å²) in [6.45, 7) is 1.93. The minimum Gasteiger partial charge on any atom is -0.458 e. The maximum absolute atomic E-state index is 13.5. The number of carbonyl (C=O) groups is 2. The number of halogens is 2. The fourth-order valence-electron chi connectivity index (χ4n) is 1.47. The van der Waals surface area contributed by atoms with Gasteiger partial charge in [-0.1, -0.05) is 6.08 Å². The predicted molar refractivity (Wildman–Crippen MR) is 57.2 cm³/mol. The Hall–Kier alpha value is -2.04. The van der Waals surface area contributed by atoms with Crippen LogP contribution in [0.5, 0.6) is 0 Å². The molecule has 0 unspecified atom stereocenters. The number of cyclic esters (lactones) is 1. The Balaban J connectivity index is 0.000000686. The van der Waals surface area contributed by atoms with Crippen molar-refractivity contribution >= 4 is 12.8 Å². The maximum Gasteiger partial charge on any atom is 0.331 e. The molecule has 2 rings (SSSR count). The highest BCUT2D eigenvalue weighted by molar-refractivity contribution is 5.87. The average molecular weight is 240 g/mol. The molecule has 3 nitrogen and oxygen atoms in total. The van der Waals surface area contributed by atoms with E-state index in [0.29, 0.717) is 6.42 Å². The van der Waals surface area contributed by atoms with Crippen LogP contribution >= 0.6 is 0 Å². The van der Waals surface area contributed by atoms with Crippen molar-refractivity contribution in [2.24, 2.45) is 0 Å². The van der Waals surface area contributed by atoms with E-state index in [0.717, 1.165) is 6.08 Å². The molecular formula is C12H10F2O3. The summed E-state index contributed by atoms with van der Waals surface area (Å²) >= 11 is 0. The first-order chi connectivity index (χ1) is 8.18. The van der Waals surface area contributed by atoms with Crippen LogP contribution in [0.4, 0.5) is 8.78 Å². The van der Waals surface area contributed by atoms with Crippen LogP contribution in [0.1, 0.15) is 6.42 Å². The van der Waals surface area contributed by atoms with Gasteiger partial charge < -0.3 is 9.53 Å². The molecule has 0 amide bonds. The number of hydrogen-bond acceptors (Lipinski definition) is 3. The van der Waals surface area contributed by atoms with E-state index in [4.69, 9.17) is 4.79 Å². The highest BCUT2D eigenvalue weighted by atomic mass is 19.1. The third-order valence-electron chi connectivity index (χ3n) is 2.16. The van der Waals surface area contributed by atoms with Crippen molar-refractivity contribution in [1.82, 2.24) is 0 Å². The number of hydrogen-bond donors (Lipinski definition) is 0. The van der Waals surface area contributed by atoms with Gasteiger partial charge in [0.15, 0.2) is 0 Å². The van der Waals surface area contributed by atoms with E-state index in [-0.39, 0.29) is 17.8 Å². The predicted octanol–water partition coefficient (Wildman–Crippen LogP) is 2.32. The average Bonchev–Trinajstić information content (AvgIpc) is 2.66. The number of carbonyl (C=O) groups excluding carboxylic acids is 2. The summed E-state index contributed by atoms with van der Waals surface area (Å²) < 4.78 is 31.5. The molecule has 17 heavy (non-hydrogen) atoms. The molecule has 0 saturated heterocycles. The van der Waals surface area contributed by atoms with E-state index >= 15 is 0 Å². The molecule has 1 aliphatic carbocycles. The van der Waals surface area contributed by atoms with Gasteiger partial charge in [-0.25, -0.2) is 13.6 Å². The molecule has 0 saturated carbocycles. The number of ether oxygens (including phenoxy) is 1. The van der Waals surface area contributed by atoms with Crippen LogP contribution < -0.4 is 0 Å². The van der Waals surface area contributed by atoms with Crippen LogP contribution in [0.3, 0.4) is 0 Å². The molecule has 0 fully saturated rings. The molecule has 1 heterocycles. The summed E-state index contributed by atoms with van der Waals surface area (Å²) in [5.41, 5.74) is 0.0763. The molecule has 0 bridgehead atoms. The van der Waals surface area contributed by atoms with E-state index in [1.807, 2.05) is 6.79 Å². The quantitative estimate of drug-likeness (QED) is 0.660. The first-order valence-corrected chi connectivity index (χ1v) is 4.77. The van der Waals surface area contributed by atoms with Crippen LogP contribution in [0, 0.1) is 0 Å². The SMILES string of the molecule is C=O.O=C1C=C(C2=C(F)C=CCC=C2F)CO1. The Morgan fingerprint density at radius 2 is 2.00 bits per heavy atom. The Morgan fingerprint density at radius 3 is 2.59 bits per heavy atom. The van der Waals surface area contributed by atoms with E-state index < -0.39 is 17.6 Å². The van der Waals surface area contributed by atoms with Gasteiger partial charge in [-0.2, -0.15) is 0 Å². The molecule has 0 spiro atoms. The van der Waals surface area contributed by atoms with Crippen molar-refractivity contribution in [1.29, 1.82) is 0 Å². The zero-order valence-corrected chi connectivity index (χ0v) is 8.91. The molecule has 0 aromatic rings. The van der Waals surface area contributed by atoms with Crippen LogP contribution in [-0.2, 0) is 14.3 Å². The van der Waals surface area contributed by atoms with Crippen LogP contribution in [0.2, 0.25) is 0 Å². The Morgan fingerprint density at radius 1 is 1.29 bits per heavy atom. The maximum atomic E-state index is 13.5. The van der Waals surface area contributed by atoms with Gasteiger partial charge in [-0.05, 0) is 18.6 Å². The summed E-state index contributed by atoms with van der Waals surface area (Å²) in [6.07, 6.45) is 5.43. The van der Waals surface area contributed by atoms with Gasteiger partial charge in [-0.3, -0.25) is 0 Å². The van der Waals surface area contributed by atoms with Crippen molar-refractivity contribution < 1.29 is 23.1 Å². The Bertz CT molecular complexity index is 445. The smallest absolute Gasteiger partial charge is 0.331 e. The van der Waals surface area contributed by atoms with E-state index in [1.54, 1.807) is 0 Å². The van der Waals surface area contributed by atoms with Crippen molar-refractivity contribution in [2.75, 3.05) is 6.61 Å². The molecule has 1 aliphatic heterocycles. The van der Waals surface area contributed by atoms with E-state index in [1.165, 1.54) is 18.2 Å². The summed E-state index contributed by atoms with van der Waals surface area (Å²) in [7, 11) is 0. The lowest BCUT2D eigenvalue weighted by Gasteiger charge is -2.04. The van der Waals surface area contributed by atoms with Gasteiger partial charge in [0.1, 0.15) is 25.0 Å². The second-order valence-corrected chi connectivity index (χ2v) is 3.19. The monoisotopic (exact) mass is 240 g/mol. The topological polar surface area (TPSA) is 43.4 Å². The second kappa shape index (κ2) is 5.89. The van der Waals surface area contributed by atoms with Crippen molar-refractivity contribution in [2.45, 2.75) is 6.42 Å².